The topological polar surface area (TPSA) is 104 Å². The summed E-state index contributed by atoms with van der Waals surface area (Å²) < 4.78 is 17.6. The summed E-state index contributed by atoms with van der Waals surface area (Å²) in [4.78, 5) is 30.5. The van der Waals surface area contributed by atoms with Crippen LogP contribution in [0.15, 0.2) is 81.8 Å². The third kappa shape index (κ3) is 6.10. The van der Waals surface area contributed by atoms with Gasteiger partial charge in [0.05, 0.1) is 49.4 Å². The molecular weight excluding hydrogens is 492 g/mol. The first-order valence-corrected chi connectivity index (χ1v) is 12.4. The van der Waals surface area contributed by atoms with Crippen molar-refractivity contribution in [1.29, 1.82) is 0 Å². The normalized spacial score (nSPS) is 11.0. The van der Waals surface area contributed by atoms with Gasteiger partial charge in [-0.25, -0.2) is 10.4 Å². The number of nitrogens with one attached hydrogen (secondary N) is 1. The lowest BCUT2D eigenvalue weighted by molar-refractivity contribution is -0.118. The Balaban J connectivity index is 1.51. The first-order valence-electron chi connectivity index (χ1n) is 11.5. The molecule has 190 valence electrons. The van der Waals surface area contributed by atoms with Gasteiger partial charge in [-0.1, -0.05) is 23.9 Å². The zero-order valence-electron chi connectivity index (χ0n) is 20.6. The summed E-state index contributed by atoms with van der Waals surface area (Å²) in [5.74, 6) is 1.54. The molecule has 1 N–H and O–H groups in total. The van der Waals surface area contributed by atoms with Gasteiger partial charge >= 0.3 is 0 Å². The molecule has 0 fully saturated rings. The largest absolute Gasteiger partial charge is 0.497 e. The number of thioether (sulfide) groups is 1. The lowest BCUT2D eigenvalue weighted by Crippen LogP contribution is -2.24. The molecule has 1 amide bonds. The third-order valence-electron chi connectivity index (χ3n) is 5.30. The second-order valence-electron chi connectivity index (χ2n) is 7.68. The summed E-state index contributed by atoms with van der Waals surface area (Å²) >= 11 is 1.15. The van der Waals surface area contributed by atoms with Crippen molar-refractivity contribution in [2.45, 2.75) is 12.1 Å². The van der Waals surface area contributed by atoms with Gasteiger partial charge < -0.3 is 14.2 Å². The number of hydrogen-bond acceptors (Lipinski definition) is 8. The van der Waals surface area contributed by atoms with E-state index in [0.29, 0.717) is 45.6 Å². The summed E-state index contributed by atoms with van der Waals surface area (Å²) in [5.41, 5.74) is 4.20. The molecule has 0 atom stereocenters. The zero-order chi connectivity index (χ0) is 26.2. The second-order valence-corrected chi connectivity index (χ2v) is 8.62. The molecule has 0 unspecified atom stereocenters. The van der Waals surface area contributed by atoms with E-state index in [1.807, 2.05) is 19.1 Å². The number of rotatable bonds is 10. The fraction of sp³-hybridized carbons (Fsp3) is 0.185. The molecule has 0 aliphatic heterocycles. The monoisotopic (exact) mass is 518 g/mol. The Morgan fingerprint density at radius 3 is 2.57 bits per heavy atom. The summed E-state index contributed by atoms with van der Waals surface area (Å²) in [5, 5.41) is 4.92. The van der Waals surface area contributed by atoms with Crippen LogP contribution in [-0.4, -0.2) is 48.3 Å². The van der Waals surface area contributed by atoms with Crippen LogP contribution in [0.25, 0.3) is 16.6 Å². The molecule has 9 nitrogen and oxygen atoms in total. The molecule has 0 aliphatic rings. The molecule has 0 bridgehead atoms. The Morgan fingerprint density at radius 1 is 1.05 bits per heavy atom. The SMILES string of the molecule is CCOc1ccc(/C=N\NC(=O)CSc2nc3ccccc3c(=O)n2-c2ccc(OC)cc2)cc1OC. The van der Waals surface area contributed by atoms with Crippen LogP contribution in [0, 0.1) is 0 Å². The summed E-state index contributed by atoms with van der Waals surface area (Å²) in [6.07, 6.45) is 1.52. The number of methoxy groups -OCH3 is 2. The number of ether oxygens (including phenoxy) is 3. The third-order valence-corrected chi connectivity index (χ3v) is 6.24. The van der Waals surface area contributed by atoms with Crippen LogP contribution in [0.2, 0.25) is 0 Å². The minimum Gasteiger partial charge on any atom is -0.497 e. The number of hydrazone groups is 1. The Labute approximate surface area is 218 Å². The molecular formula is C27H26N4O5S. The van der Waals surface area contributed by atoms with E-state index in [1.54, 1.807) is 68.8 Å². The van der Waals surface area contributed by atoms with Gasteiger partial charge in [0.25, 0.3) is 11.5 Å². The average Bonchev–Trinajstić information content (AvgIpc) is 2.93. The number of hydrogen-bond donors (Lipinski definition) is 1. The lowest BCUT2D eigenvalue weighted by Gasteiger charge is -2.13. The highest BCUT2D eigenvalue weighted by atomic mass is 32.2. The second kappa shape index (κ2) is 12.1. The predicted octanol–water partition coefficient (Wildman–Crippen LogP) is 4.04. The molecule has 3 aromatic carbocycles. The molecule has 0 spiro atoms. The van der Waals surface area contributed by atoms with Gasteiger partial charge in [0, 0.05) is 0 Å². The van der Waals surface area contributed by atoms with E-state index >= 15 is 0 Å². The van der Waals surface area contributed by atoms with Gasteiger partial charge in [0.15, 0.2) is 16.7 Å². The van der Waals surface area contributed by atoms with E-state index in [-0.39, 0.29) is 17.2 Å². The average molecular weight is 519 g/mol. The number of para-hydroxylation sites is 1. The summed E-state index contributed by atoms with van der Waals surface area (Å²) in [7, 11) is 3.14. The standard InChI is InChI=1S/C27H26N4O5S/c1-4-36-23-14-9-18(15-24(23)35-3)16-28-30-25(32)17-37-27-29-22-8-6-5-7-21(22)26(33)31(27)19-10-12-20(34-2)13-11-19/h5-16H,4,17H2,1-3H3,(H,30,32)/b28-16-. The number of benzene rings is 3. The van der Waals surface area contributed by atoms with Crippen molar-refractivity contribution in [3.8, 4) is 22.9 Å². The first-order chi connectivity index (χ1) is 18.0. The molecule has 0 radical (unpaired) electrons. The first kappa shape index (κ1) is 25.8. The summed E-state index contributed by atoms with van der Waals surface area (Å²) in [6, 6.07) is 19.6. The maximum atomic E-state index is 13.3. The number of fused-ring (bicyclic) bond motifs is 1. The van der Waals surface area contributed by atoms with Gasteiger partial charge in [-0.3, -0.25) is 14.2 Å². The van der Waals surface area contributed by atoms with E-state index in [4.69, 9.17) is 14.2 Å². The quantitative estimate of drug-likeness (QED) is 0.146. The molecule has 1 aromatic heterocycles. The molecule has 0 aliphatic carbocycles. The van der Waals surface area contributed by atoms with Crippen LogP contribution in [0.1, 0.15) is 12.5 Å². The van der Waals surface area contributed by atoms with Crippen molar-refractivity contribution >= 4 is 34.8 Å². The van der Waals surface area contributed by atoms with Crippen LogP contribution in [-0.2, 0) is 4.79 Å². The maximum Gasteiger partial charge on any atom is 0.266 e. The Hall–Kier alpha value is -4.31. The minimum absolute atomic E-state index is 0.00484. The molecule has 4 aromatic rings. The molecule has 10 heteroatoms. The highest BCUT2D eigenvalue weighted by Gasteiger charge is 2.15. The molecule has 1 heterocycles. The van der Waals surface area contributed by atoms with Crippen molar-refractivity contribution in [3.63, 3.8) is 0 Å². The number of carbonyl (C=O) groups is 1. The number of aromatic nitrogens is 2. The fourth-order valence-electron chi connectivity index (χ4n) is 3.55. The fourth-order valence-corrected chi connectivity index (χ4v) is 4.35. The number of amides is 1. The van der Waals surface area contributed by atoms with E-state index in [1.165, 1.54) is 10.8 Å². The van der Waals surface area contributed by atoms with Crippen LogP contribution in [0.4, 0.5) is 0 Å². The van der Waals surface area contributed by atoms with Gasteiger partial charge in [-0.15, -0.1) is 0 Å². The van der Waals surface area contributed by atoms with Gasteiger partial charge in [-0.05, 0) is 67.1 Å². The van der Waals surface area contributed by atoms with Gasteiger partial charge in [0.2, 0.25) is 0 Å². The summed E-state index contributed by atoms with van der Waals surface area (Å²) in [6.45, 7) is 2.42. The van der Waals surface area contributed by atoms with E-state index in [0.717, 1.165) is 17.3 Å². The maximum absolute atomic E-state index is 13.3. The highest BCUT2D eigenvalue weighted by molar-refractivity contribution is 7.99. The molecule has 37 heavy (non-hydrogen) atoms. The Bertz CT molecular complexity index is 1480. The minimum atomic E-state index is -0.345. The van der Waals surface area contributed by atoms with Crippen molar-refractivity contribution < 1.29 is 19.0 Å². The van der Waals surface area contributed by atoms with Crippen LogP contribution in [0.5, 0.6) is 17.2 Å². The number of carbonyl (C=O) groups excluding carboxylic acids is 1. The van der Waals surface area contributed by atoms with E-state index in [9.17, 15) is 9.59 Å². The van der Waals surface area contributed by atoms with Crippen LogP contribution < -0.4 is 25.2 Å². The molecule has 4 rings (SSSR count). The Morgan fingerprint density at radius 2 is 1.84 bits per heavy atom. The van der Waals surface area contributed by atoms with E-state index < -0.39 is 0 Å². The van der Waals surface area contributed by atoms with Crippen molar-refractivity contribution in [1.82, 2.24) is 15.0 Å². The molecule has 0 saturated heterocycles. The lowest BCUT2D eigenvalue weighted by atomic mass is 10.2. The zero-order valence-corrected chi connectivity index (χ0v) is 21.5. The van der Waals surface area contributed by atoms with E-state index in [2.05, 4.69) is 15.5 Å². The van der Waals surface area contributed by atoms with Gasteiger partial charge in [-0.2, -0.15) is 5.10 Å². The predicted molar refractivity (Wildman–Crippen MR) is 145 cm³/mol. The van der Waals surface area contributed by atoms with Crippen LogP contribution >= 0.6 is 11.8 Å². The highest BCUT2D eigenvalue weighted by Crippen LogP contribution is 2.27. The van der Waals surface area contributed by atoms with Crippen LogP contribution in [0.3, 0.4) is 0 Å². The number of nitrogens with zero attached hydrogens (tertiary/aromatic N) is 3. The van der Waals surface area contributed by atoms with Crippen molar-refractivity contribution in [2.24, 2.45) is 5.10 Å². The van der Waals surface area contributed by atoms with Crippen molar-refractivity contribution in [3.05, 3.63) is 82.6 Å². The Kier molecular flexibility index (Phi) is 8.42. The molecule has 0 saturated carbocycles. The smallest absolute Gasteiger partial charge is 0.266 e. The van der Waals surface area contributed by atoms with Gasteiger partial charge in [0.1, 0.15) is 5.75 Å². The van der Waals surface area contributed by atoms with Crippen molar-refractivity contribution in [2.75, 3.05) is 26.6 Å².